The highest BCUT2D eigenvalue weighted by molar-refractivity contribution is 5.76. The van der Waals surface area contributed by atoms with Crippen LogP contribution in [0.3, 0.4) is 0 Å². The van der Waals surface area contributed by atoms with Crippen molar-refractivity contribution >= 4 is 5.91 Å². The third kappa shape index (κ3) is 6.97. The molecule has 0 aliphatic carbocycles. The lowest BCUT2D eigenvalue weighted by Crippen LogP contribution is -2.30. The van der Waals surface area contributed by atoms with E-state index in [4.69, 9.17) is 0 Å². The molecule has 2 N–H and O–H groups in total. The molecule has 1 amide bonds. The molecule has 106 valence electrons. The van der Waals surface area contributed by atoms with Crippen molar-refractivity contribution in [3.05, 3.63) is 34.9 Å². The van der Waals surface area contributed by atoms with Crippen molar-refractivity contribution in [1.29, 1.82) is 0 Å². The van der Waals surface area contributed by atoms with Crippen LogP contribution in [0.2, 0.25) is 0 Å². The summed E-state index contributed by atoms with van der Waals surface area (Å²) in [5.41, 5.74) is 3.85. The number of aryl methyl sites for hydroxylation is 2. The zero-order valence-electron chi connectivity index (χ0n) is 12.5. The number of hydrogen-bond acceptors (Lipinski definition) is 2. The van der Waals surface area contributed by atoms with E-state index in [1.165, 1.54) is 16.7 Å². The van der Waals surface area contributed by atoms with Gasteiger partial charge in [-0.15, -0.1) is 0 Å². The van der Waals surface area contributed by atoms with Crippen molar-refractivity contribution in [1.82, 2.24) is 10.6 Å². The number of carbonyl (C=O) groups is 1. The summed E-state index contributed by atoms with van der Waals surface area (Å²) in [6.07, 6.45) is 0.539. The number of benzene rings is 1. The molecule has 3 heteroatoms. The molecule has 0 spiro atoms. The molecule has 0 saturated carbocycles. The molecule has 0 aromatic heterocycles. The molecule has 0 unspecified atom stereocenters. The zero-order chi connectivity index (χ0) is 14.3. The third-order valence-electron chi connectivity index (χ3n) is 2.85. The fourth-order valence-electron chi connectivity index (χ4n) is 2.01. The van der Waals surface area contributed by atoms with E-state index in [1.807, 2.05) is 0 Å². The van der Waals surface area contributed by atoms with Gasteiger partial charge in [0.1, 0.15) is 0 Å². The van der Waals surface area contributed by atoms with E-state index < -0.39 is 0 Å². The highest BCUT2D eigenvalue weighted by Crippen LogP contribution is 2.08. The van der Waals surface area contributed by atoms with Crippen molar-refractivity contribution in [3.8, 4) is 0 Å². The quantitative estimate of drug-likeness (QED) is 0.742. The first-order chi connectivity index (χ1) is 8.97. The summed E-state index contributed by atoms with van der Waals surface area (Å²) in [5.74, 6) is 0.633. The highest BCUT2D eigenvalue weighted by Gasteiger charge is 2.02. The van der Waals surface area contributed by atoms with Gasteiger partial charge in [0, 0.05) is 26.1 Å². The molecule has 0 saturated heterocycles. The largest absolute Gasteiger partial charge is 0.356 e. The number of amides is 1. The Bertz CT molecular complexity index is 393. The molecule has 0 aliphatic heterocycles. The molecule has 3 nitrogen and oxygen atoms in total. The van der Waals surface area contributed by atoms with Crippen LogP contribution in [0.25, 0.3) is 0 Å². The Morgan fingerprint density at radius 2 is 1.79 bits per heavy atom. The van der Waals surface area contributed by atoms with E-state index in [-0.39, 0.29) is 5.91 Å². The van der Waals surface area contributed by atoms with E-state index >= 15 is 0 Å². The standard InChI is InChI=1S/C16H26N2O/c1-12(2)10-18-16(19)5-6-17-11-15-8-13(3)7-14(4)9-15/h7-9,12,17H,5-6,10-11H2,1-4H3,(H,18,19). The molecule has 0 bridgehead atoms. The van der Waals surface area contributed by atoms with Crippen LogP contribution in [0, 0.1) is 19.8 Å². The Labute approximate surface area is 116 Å². The Balaban J connectivity index is 2.21. The van der Waals surface area contributed by atoms with Crippen LogP contribution in [-0.2, 0) is 11.3 Å². The average Bonchev–Trinajstić information content (AvgIpc) is 2.31. The number of carbonyl (C=O) groups excluding carboxylic acids is 1. The summed E-state index contributed by atoms with van der Waals surface area (Å²) in [7, 11) is 0. The van der Waals surface area contributed by atoms with Gasteiger partial charge in [0.05, 0.1) is 0 Å². The molecule has 0 aliphatic rings. The molecule has 19 heavy (non-hydrogen) atoms. The Kier molecular flexibility index (Phi) is 6.57. The fourth-order valence-corrected chi connectivity index (χ4v) is 2.01. The molecule has 0 heterocycles. The average molecular weight is 262 g/mol. The first-order valence-electron chi connectivity index (χ1n) is 7.02. The SMILES string of the molecule is Cc1cc(C)cc(CNCCC(=O)NCC(C)C)c1. The molecule has 0 radical (unpaired) electrons. The van der Waals surface area contributed by atoms with Gasteiger partial charge in [-0.2, -0.15) is 0 Å². The van der Waals surface area contributed by atoms with Crippen molar-refractivity contribution in [2.75, 3.05) is 13.1 Å². The summed E-state index contributed by atoms with van der Waals surface area (Å²) in [6, 6.07) is 6.53. The Morgan fingerprint density at radius 3 is 2.37 bits per heavy atom. The first-order valence-corrected chi connectivity index (χ1v) is 7.02. The molecular weight excluding hydrogens is 236 g/mol. The number of nitrogens with one attached hydrogen (secondary N) is 2. The molecule has 1 rings (SSSR count). The predicted molar refractivity (Wildman–Crippen MR) is 80.1 cm³/mol. The zero-order valence-corrected chi connectivity index (χ0v) is 12.5. The van der Waals surface area contributed by atoms with Crippen LogP contribution in [0.5, 0.6) is 0 Å². The Morgan fingerprint density at radius 1 is 1.16 bits per heavy atom. The Hall–Kier alpha value is -1.35. The van der Waals surface area contributed by atoms with Crippen molar-refractivity contribution in [3.63, 3.8) is 0 Å². The van der Waals surface area contributed by atoms with Gasteiger partial charge in [0.15, 0.2) is 0 Å². The van der Waals surface area contributed by atoms with Crippen molar-refractivity contribution in [2.24, 2.45) is 5.92 Å². The third-order valence-corrected chi connectivity index (χ3v) is 2.85. The van der Waals surface area contributed by atoms with Crippen LogP contribution in [0.1, 0.15) is 37.0 Å². The maximum atomic E-state index is 11.5. The van der Waals surface area contributed by atoms with Gasteiger partial charge in [-0.3, -0.25) is 4.79 Å². The van der Waals surface area contributed by atoms with Gasteiger partial charge in [-0.25, -0.2) is 0 Å². The normalized spacial score (nSPS) is 10.8. The minimum absolute atomic E-state index is 0.127. The molecule has 1 aromatic rings. The lowest BCUT2D eigenvalue weighted by Gasteiger charge is -2.09. The second kappa shape index (κ2) is 7.95. The van der Waals surface area contributed by atoms with E-state index in [9.17, 15) is 4.79 Å². The van der Waals surface area contributed by atoms with E-state index in [0.29, 0.717) is 12.3 Å². The van der Waals surface area contributed by atoms with Crippen LogP contribution in [0.4, 0.5) is 0 Å². The molecule has 0 atom stereocenters. The molecule has 0 fully saturated rings. The van der Waals surface area contributed by atoms with Crippen LogP contribution >= 0.6 is 0 Å². The van der Waals surface area contributed by atoms with Gasteiger partial charge >= 0.3 is 0 Å². The smallest absolute Gasteiger partial charge is 0.221 e. The summed E-state index contributed by atoms with van der Waals surface area (Å²) < 4.78 is 0. The predicted octanol–water partition coefficient (Wildman–Crippen LogP) is 2.56. The van der Waals surface area contributed by atoms with Crippen LogP contribution in [0.15, 0.2) is 18.2 Å². The summed E-state index contributed by atoms with van der Waals surface area (Å²) >= 11 is 0. The highest BCUT2D eigenvalue weighted by atomic mass is 16.1. The van der Waals surface area contributed by atoms with Crippen molar-refractivity contribution < 1.29 is 4.79 Å². The van der Waals surface area contributed by atoms with E-state index in [2.05, 4.69) is 56.5 Å². The lowest BCUT2D eigenvalue weighted by atomic mass is 10.1. The van der Waals surface area contributed by atoms with E-state index in [1.54, 1.807) is 0 Å². The van der Waals surface area contributed by atoms with Gasteiger partial charge in [0.25, 0.3) is 0 Å². The number of rotatable bonds is 7. The minimum Gasteiger partial charge on any atom is -0.356 e. The molecule has 1 aromatic carbocycles. The lowest BCUT2D eigenvalue weighted by molar-refractivity contribution is -0.121. The topological polar surface area (TPSA) is 41.1 Å². The maximum Gasteiger partial charge on any atom is 0.221 e. The van der Waals surface area contributed by atoms with Gasteiger partial charge < -0.3 is 10.6 Å². The van der Waals surface area contributed by atoms with Gasteiger partial charge in [-0.05, 0) is 25.3 Å². The summed E-state index contributed by atoms with van der Waals surface area (Å²) in [5, 5.41) is 6.23. The maximum absolute atomic E-state index is 11.5. The van der Waals surface area contributed by atoms with Crippen LogP contribution in [-0.4, -0.2) is 19.0 Å². The van der Waals surface area contributed by atoms with Crippen LogP contribution < -0.4 is 10.6 Å². The first kappa shape index (κ1) is 15.7. The summed E-state index contributed by atoms with van der Waals surface area (Å²) in [4.78, 5) is 11.5. The summed E-state index contributed by atoms with van der Waals surface area (Å²) in [6.45, 7) is 10.7. The van der Waals surface area contributed by atoms with Gasteiger partial charge in [0.2, 0.25) is 5.91 Å². The fraction of sp³-hybridized carbons (Fsp3) is 0.562. The molecular formula is C16H26N2O. The minimum atomic E-state index is 0.127. The van der Waals surface area contributed by atoms with E-state index in [0.717, 1.165) is 19.6 Å². The second-order valence-corrected chi connectivity index (χ2v) is 5.62. The number of hydrogen-bond donors (Lipinski definition) is 2. The monoisotopic (exact) mass is 262 g/mol. The van der Waals surface area contributed by atoms with Crippen molar-refractivity contribution in [2.45, 2.75) is 40.7 Å². The van der Waals surface area contributed by atoms with Gasteiger partial charge in [-0.1, -0.05) is 43.2 Å². The second-order valence-electron chi connectivity index (χ2n) is 5.62.